The van der Waals surface area contributed by atoms with Gasteiger partial charge in [-0.2, -0.15) is 0 Å². The van der Waals surface area contributed by atoms with Crippen LogP contribution >= 0.6 is 27.5 Å². The van der Waals surface area contributed by atoms with Crippen molar-refractivity contribution in [1.82, 2.24) is 0 Å². The van der Waals surface area contributed by atoms with E-state index in [4.69, 9.17) is 16.3 Å². The lowest BCUT2D eigenvalue weighted by Crippen LogP contribution is -2.23. The average Bonchev–Trinajstić information content (AvgIpc) is 2.43. The summed E-state index contributed by atoms with van der Waals surface area (Å²) in [7, 11) is 0. The Morgan fingerprint density at radius 2 is 1.90 bits per heavy atom. The first-order valence-electron chi connectivity index (χ1n) is 5.89. The van der Waals surface area contributed by atoms with Crippen molar-refractivity contribution in [3.63, 3.8) is 0 Å². The minimum atomic E-state index is -0.711. The third kappa shape index (κ3) is 3.58. The molecule has 0 radical (unpaired) electrons. The van der Waals surface area contributed by atoms with Crippen molar-refractivity contribution >= 4 is 33.3 Å². The van der Waals surface area contributed by atoms with Gasteiger partial charge >= 0.3 is 0 Å². The van der Waals surface area contributed by atoms with E-state index >= 15 is 0 Å². The Balaban J connectivity index is 2.11. The second kappa shape index (κ2) is 6.37. The highest BCUT2D eigenvalue weighted by Crippen LogP contribution is 2.22. The Labute approximate surface area is 129 Å². The summed E-state index contributed by atoms with van der Waals surface area (Å²) in [6.07, 6.45) is -0.711. The smallest absolute Gasteiger partial charge is 0.202 e. The van der Waals surface area contributed by atoms with Crippen LogP contribution < -0.4 is 4.74 Å². The standard InChI is InChI=1S/C15H11BrClFO2/c1-9(15(19)10-2-4-11(17)5-3-10)20-12-6-7-13(16)14(18)8-12/h2-9H,1H3. The molecule has 104 valence electrons. The monoisotopic (exact) mass is 356 g/mol. The zero-order valence-corrected chi connectivity index (χ0v) is 12.9. The van der Waals surface area contributed by atoms with Crippen LogP contribution in [0.3, 0.4) is 0 Å². The topological polar surface area (TPSA) is 26.3 Å². The maximum Gasteiger partial charge on any atom is 0.202 e. The van der Waals surface area contributed by atoms with Gasteiger partial charge in [-0.1, -0.05) is 11.6 Å². The average molecular weight is 358 g/mol. The molecule has 0 spiro atoms. The zero-order valence-electron chi connectivity index (χ0n) is 10.6. The summed E-state index contributed by atoms with van der Waals surface area (Å²) in [6.45, 7) is 1.62. The molecule has 5 heteroatoms. The van der Waals surface area contributed by atoms with Gasteiger partial charge in [-0.15, -0.1) is 0 Å². The van der Waals surface area contributed by atoms with Crippen LogP contribution in [0, 0.1) is 5.82 Å². The van der Waals surface area contributed by atoms with Crippen LogP contribution in [0.25, 0.3) is 0 Å². The van der Waals surface area contributed by atoms with Gasteiger partial charge in [0.1, 0.15) is 11.6 Å². The predicted octanol–water partition coefficient (Wildman–Crippen LogP) is 4.89. The zero-order chi connectivity index (χ0) is 14.7. The highest BCUT2D eigenvalue weighted by molar-refractivity contribution is 9.10. The number of rotatable bonds is 4. The summed E-state index contributed by atoms with van der Waals surface area (Å²) in [5, 5.41) is 0.560. The molecule has 0 bridgehead atoms. The lowest BCUT2D eigenvalue weighted by molar-refractivity contribution is 0.0817. The quantitative estimate of drug-likeness (QED) is 0.728. The second-order valence-corrected chi connectivity index (χ2v) is 5.50. The molecule has 2 nitrogen and oxygen atoms in total. The van der Waals surface area contributed by atoms with E-state index in [2.05, 4.69) is 15.9 Å². The largest absolute Gasteiger partial charge is 0.482 e. The molecule has 1 atom stereocenters. The number of carbonyl (C=O) groups is 1. The van der Waals surface area contributed by atoms with E-state index in [9.17, 15) is 9.18 Å². The molecule has 0 aliphatic carbocycles. The fraction of sp³-hybridized carbons (Fsp3) is 0.133. The van der Waals surface area contributed by atoms with Crippen molar-refractivity contribution < 1.29 is 13.9 Å². The van der Waals surface area contributed by atoms with Gasteiger partial charge in [0, 0.05) is 16.7 Å². The van der Waals surface area contributed by atoms with Crippen LogP contribution in [0.15, 0.2) is 46.9 Å². The predicted molar refractivity (Wildman–Crippen MR) is 80.0 cm³/mol. The molecule has 0 fully saturated rings. The molecule has 0 heterocycles. The fourth-order valence-corrected chi connectivity index (χ4v) is 2.03. The fourth-order valence-electron chi connectivity index (χ4n) is 1.66. The Bertz CT molecular complexity index is 628. The third-order valence-electron chi connectivity index (χ3n) is 2.70. The van der Waals surface area contributed by atoms with Crippen molar-refractivity contribution in [3.8, 4) is 5.75 Å². The van der Waals surface area contributed by atoms with Crippen LogP contribution in [-0.2, 0) is 0 Å². The van der Waals surface area contributed by atoms with Gasteiger partial charge < -0.3 is 4.74 Å². The molecule has 0 aromatic heterocycles. The lowest BCUT2D eigenvalue weighted by Gasteiger charge is -2.14. The molecule has 0 aliphatic heterocycles. The minimum absolute atomic E-state index is 0.190. The summed E-state index contributed by atoms with van der Waals surface area (Å²) in [5.74, 6) is -0.320. The van der Waals surface area contributed by atoms with Crippen molar-refractivity contribution in [2.24, 2.45) is 0 Å². The first-order chi connectivity index (χ1) is 9.47. The lowest BCUT2D eigenvalue weighted by atomic mass is 10.1. The maximum atomic E-state index is 13.4. The van der Waals surface area contributed by atoms with Gasteiger partial charge in [-0.3, -0.25) is 4.79 Å². The van der Waals surface area contributed by atoms with E-state index in [0.29, 0.717) is 20.8 Å². The third-order valence-corrected chi connectivity index (χ3v) is 3.60. The molecule has 0 saturated carbocycles. The van der Waals surface area contributed by atoms with Gasteiger partial charge in [0.15, 0.2) is 6.10 Å². The van der Waals surface area contributed by atoms with Crippen molar-refractivity contribution in [1.29, 1.82) is 0 Å². The van der Waals surface area contributed by atoms with Gasteiger partial charge in [-0.25, -0.2) is 4.39 Å². The Kier molecular flexibility index (Phi) is 4.78. The Morgan fingerprint density at radius 1 is 1.25 bits per heavy atom. The van der Waals surface area contributed by atoms with Gasteiger partial charge in [-0.05, 0) is 59.3 Å². The molecule has 0 saturated heterocycles. The first kappa shape index (κ1) is 15.0. The Hall–Kier alpha value is -1.39. The molecular weight excluding hydrogens is 347 g/mol. The summed E-state index contributed by atoms with van der Waals surface area (Å²) in [4.78, 5) is 12.1. The van der Waals surface area contributed by atoms with Crippen LogP contribution in [-0.4, -0.2) is 11.9 Å². The van der Waals surface area contributed by atoms with E-state index in [1.807, 2.05) is 0 Å². The molecule has 20 heavy (non-hydrogen) atoms. The molecule has 2 rings (SSSR count). The van der Waals surface area contributed by atoms with Crippen LogP contribution in [0.1, 0.15) is 17.3 Å². The Morgan fingerprint density at radius 3 is 2.50 bits per heavy atom. The minimum Gasteiger partial charge on any atom is -0.482 e. The summed E-state index contributed by atoms with van der Waals surface area (Å²) >= 11 is 8.83. The first-order valence-corrected chi connectivity index (χ1v) is 7.06. The number of benzene rings is 2. The van der Waals surface area contributed by atoms with Crippen LogP contribution in [0.4, 0.5) is 4.39 Å². The molecule has 2 aromatic carbocycles. The number of ether oxygens (including phenoxy) is 1. The molecular formula is C15H11BrClFO2. The number of halogens is 3. The van der Waals surface area contributed by atoms with Gasteiger partial charge in [0.05, 0.1) is 4.47 Å². The summed E-state index contributed by atoms with van der Waals surface area (Å²) in [5.41, 5.74) is 0.500. The normalized spacial score (nSPS) is 12.0. The summed E-state index contributed by atoms with van der Waals surface area (Å²) < 4.78 is 19.2. The molecule has 0 aliphatic rings. The number of hydrogen-bond donors (Lipinski definition) is 0. The molecule has 1 unspecified atom stereocenters. The number of Topliss-reactive ketones (excluding diaryl/α,β-unsaturated/α-hetero) is 1. The number of ketones is 1. The van der Waals surface area contributed by atoms with Gasteiger partial charge in [0.25, 0.3) is 0 Å². The number of hydrogen-bond acceptors (Lipinski definition) is 2. The van der Waals surface area contributed by atoms with Crippen LogP contribution in [0.2, 0.25) is 5.02 Å². The van der Waals surface area contributed by atoms with Gasteiger partial charge in [0.2, 0.25) is 5.78 Å². The van der Waals surface area contributed by atoms with Crippen molar-refractivity contribution in [2.75, 3.05) is 0 Å². The SMILES string of the molecule is CC(Oc1ccc(Br)c(F)c1)C(=O)c1ccc(Cl)cc1. The van der Waals surface area contributed by atoms with Crippen LogP contribution in [0.5, 0.6) is 5.75 Å². The maximum absolute atomic E-state index is 13.4. The highest BCUT2D eigenvalue weighted by Gasteiger charge is 2.17. The van der Waals surface area contributed by atoms with E-state index in [1.165, 1.54) is 12.1 Å². The van der Waals surface area contributed by atoms with Crippen molar-refractivity contribution in [2.45, 2.75) is 13.0 Å². The number of carbonyl (C=O) groups excluding carboxylic acids is 1. The van der Waals surface area contributed by atoms with Crippen molar-refractivity contribution in [3.05, 3.63) is 63.3 Å². The van der Waals surface area contributed by atoms with E-state index in [0.717, 1.165) is 0 Å². The second-order valence-electron chi connectivity index (χ2n) is 4.21. The molecule has 0 amide bonds. The highest BCUT2D eigenvalue weighted by atomic mass is 79.9. The molecule has 0 N–H and O–H groups in total. The molecule has 2 aromatic rings. The summed E-state index contributed by atoms with van der Waals surface area (Å²) in [6, 6.07) is 10.9. The van der Waals surface area contributed by atoms with E-state index in [-0.39, 0.29) is 5.78 Å². The van der Waals surface area contributed by atoms with E-state index in [1.54, 1.807) is 37.3 Å². The van der Waals surface area contributed by atoms with E-state index < -0.39 is 11.9 Å².